The molecule has 0 bridgehead atoms. The first-order valence-corrected chi connectivity index (χ1v) is 10.9. The molecule has 0 aliphatic heterocycles. The fourth-order valence-corrected chi connectivity index (χ4v) is 4.17. The zero-order chi connectivity index (χ0) is 22.7. The van der Waals surface area contributed by atoms with Crippen LogP contribution in [-0.4, -0.2) is 22.5 Å². The standard InChI is InChI=1S/C25H17ClN2O3S/c1-15-21(19-8-5-9-20(26)14-19)27-25(32-15)28-24(31)18-12-10-17(11-13-18)23(30)22(29)16-6-3-2-4-7-16/h2-14H,1H3,(H,27,28,31). The Morgan fingerprint density at radius 3 is 2.09 bits per heavy atom. The van der Waals surface area contributed by atoms with E-state index in [1.165, 1.54) is 35.6 Å². The zero-order valence-corrected chi connectivity index (χ0v) is 18.5. The third kappa shape index (κ3) is 4.66. The predicted molar refractivity (Wildman–Crippen MR) is 127 cm³/mol. The minimum Gasteiger partial charge on any atom is -0.298 e. The Labute approximate surface area is 193 Å². The van der Waals surface area contributed by atoms with Gasteiger partial charge in [0.15, 0.2) is 5.13 Å². The van der Waals surface area contributed by atoms with Crippen LogP contribution in [0.15, 0.2) is 78.9 Å². The third-order valence-corrected chi connectivity index (χ3v) is 5.89. The van der Waals surface area contributed by atoms with Crippen LogP contribution in [0.2, 0.25) is 5.02 Å². The maximum absolute atomic E-state index is 12.6. The van der Waals surface area contributed by atoms with Crippen molar-refractivity contribution in [2.24, 2.45) is 0 Å². The van der Waals surface area contributed by atoms with Gasteiger partial charge in [-0.15, -0.1) is 11.3 Å². The summed E-state index contributed by atoms with van der Waals surface area (Å²) in [6, 6.07) is 21.7. The van der Waals surface area contributed by atoms with Crippen LogP contribution in [0, 0.1) is 6.92 Å². The molecule has 0 unspecified atom stereocenters. The summed E-state index contributed by atoms with van der Waals surface area (Å²) in [5.74, 6) is -1.57. The van der Waals surface area contributed by atoms with Crippen LogP contribution in [0.1, 0.15) is 36.0 Å². The van der Waals surface area contributed by atoms with Gasteiger partial charge in [-0.05, 0) is 31.2 Å². The Bertz CT molecular complexity index is 1310. The lowest BCUT2D eigenvalue weighted by molar-refractivity contribution is 0.0817. The number of nitrogens with one attached hydrogen (secondary N) is 1. The number of ketones is 2. The SMILES string of the molecule is Cc1sc(NC(=O)c2ccc(C(=O)C(=O)c3ccccc3)cc2)nc1-c1cccc(Cl)c1. The van der Waals surface area contributed by atoms with Crippen molar-refractivity contribution in [3.05, 3.63) is 105 Å². The molecule has 1 heterocycles. The highest BCUT2D eigenvalue weighted by molar-refractivity contribution is 7.16. The van der Waals surface area contributed by atoms with E-state index in [2.05, 4.69) is 10.3 Å². The van der Waals surface area contributed by atoms with Crippen LogP contribution in [0.3, 0.4) is 0 Å². The van der Waals surface area contributed by atoms with Crippen molar-refractivity contribution < 1.29 is 14.4 Å². The molecular formula is C25H17ClN2O3S. The van der Waals surface area contributed by atoms with Crippen LogP contribution in [-0.2, 0) is 0 Å². The molecule has 1 amide bonds. The molecule has 7 heteroatoms. The number of hydrogen-bond donors (Lipinski definition) is 1. The fraction of sp³-hybridized carbons (Fsp3) is 0.0400. The summed E-state index contributed by atoms with van der Waals surface area (Å²) in [5, 5.41) is 3.86. The van der Waals surface area contributed by atoms with Gasteiger partial charge < -0.3 is 0 Å². The molecule has 32 heavy (non-hydrogen) atoms. The van der Waals surface area contributed by atoms with Gasteiger partial charge in [0.25, 0.3) is 5.91 Å². The van der Waals surface area contributed by atoms with Gasteiger partial charge in [-0.2, -0.15) is 0 Å². The second kappa shape index (κ2) is 9.26. The summed E-state index contributed by atoms with van der Waals surface area (Å²) in [4.78, 5) is 42.9. The highest BCUT2D eigenvalue weighted by Gasteiger charge is 2.19. The first kappa shape index (κ1) is 21.6. The molecule has 4 rings (SSSR count). The molecule has 0 spiro atoms. The molecule has 0 aliphatic rings. The van der Waals surface area contributed by atoms with Crippen molar-refractivity contribution >= 4 is 45.5 Å². The van der Waals surface area contributed by atoms with Gasteiger partial charge in [-0.3, -0.25) is 19.7 Å². The first-order chi connectivity index (χ1) is 15.4. The summed E-state index contributed by atoms with van der Waals surface area (Å²) in [6.45, 7) is 1.92. The number of benzene rings is 3. The number of Topliss-reactive ketones (excluding diaryl/α,β-unsaturated/α-hetero) is 2. The number of rotatable bonds is 6. The van der Waals surface area contributed by atoms with E-state index in [-0.39, 0.29) is 11.5 Å². The van der Waals surface area contributed by atoms with Gasteiger partial charge in [-0.1, -0.05) is 66.2 Å². The Hall–Kier alpha value is -3.61. The lowest BCUT2D eigenvalue weighted by Gasteiger charge is -2.04. The van der Waals surface area contributed by atoms with Crippen molar-refractivity contribution in [3.63, 3.8) is 0 Å². The molecule has 0 radical (unpaired) electrons. The maximum atomic E-state index is 12.6. The number of anilines is 1. The molecule has 1 N–H and O–H groups in total. The van der Waals surface area contributed by atoms with Crippen molar-refractivity contribution in [1.82, 2.24) is 4.98 Å². The largest absolute Gasteiger partial charge is 0.298 e. The fourth-order valence-electron chi connectivity index (χ4n) is 3.15. The van der Waals surface area contributed by atoms with E-state index in [0.29, 0.717) is 21.3 Å². The van der Waals surface area contributed by atoms with Gasteiger partial charge in [-0.25, -0.2) is 4.98 Å². The van der Waals surface area contributed by atoms with E-state index in [0.717, 1.165) is 16.1 Å². The van der Waals surface area contributed by atoms with Crippen LogP contribution in [0.4, 0.5) is 5.13 Å². The maximum Gasteiger partial charge on any atom is 0.257 e. The second-order valence-electron chi connectivity index (χ2n) is 6.99. The molecule has 0 saturated carbocycles. The number of aromatic nitrogens is 1. The molecule has 1 aromatic heterocycles. The number of aryl methyl sites for hydroxylation is 1. The minimum atomic E-state index is -0.620. The zero-order valence-electron chi connectivity index (χ0n) is 17.0. The van der Waals surface area contributed by atoms with Crippen molar-refractivity contribution in [1.29, 1.82) is 0 Å². The Morgan fingerprint density at radius 2 is 1.44 bits per heavy atom. The lowest BCUT2D eigenvalue weighted by atomic mass is 10.0. The van der Waals surface area contributed by atoms with Crippen molar-refractivity contribution in [3.8, 4) is 11.3 Å². The van der Waals surface area contributed by atoms with Crippen LogP contribution < -0.4 is 5.32 Å². The van der Waals surface area contributed by atoms with E-state index < -0.39 is 11.6 Å². The molecule has 158 valence electrons. The van der Waals surface area contributed by atoms with E-state index in [1.54, 1.807) is 36.4 Å². The molecule has 3 aromatic carbocycles. The lowest BCUT2D eigenvalue weighted by Crippen LogP contribution is -2.15. The molecule has 4 aromatic rings. The number of thiazole rings is 1. The van der Waals surface area contributed by atoms with E-state index in [4.69, 9.17) is 11.6 Å². The molecule has 0 saturated heterocycles. The smallest absolute Gasteiger partial charge is 0.257 e. The Kier molecular flexibility index (Phi) is 6.25. The highest BCUT2D eigenvalue weighted by atomic mass is 35.5. The quantitative estimate of drug-likeness (QED) is 0.279. The van der Waals surface area contributed by atoms with Gasteiger partial charge in [0.05, 0.1) is 5.69 Å². The number of hydrogen-bond acceptors (Lipinski definition) is 5. The van der Waals surface area contributed by atoms with Crippen molar-refractivity contribution in [2.45, 2.75) is 6.92 Å². The summed E-state index contributed by atoms with van der Waals surface area (Å²) in [5.41, 5.74) is 2.54. The normalized spacial score (nSPS) is 10.6. The number of carbonyl (C=O) groups excluding carboxylic acids is 3. The minimum absolute atomic E-state index is 0.226. The van der Waals surface area contributed by atoms with Gasteiger partial charge in [0.1, 0.15) is 0 Å². The van der Waals surface area contributed by atoms with Crippen LogP contribution >= 0.6 is 22.9 Å². The Morgan fingerprint density at radius 1 is 0.812 bits per heavy atom. The Balaban J connectivity index is 1.47. The summed E-state index contributed by atoms with van der Waals surface area (Å²) >= 11 is 7.43. The topological polar surface area (TPSA) is 76.1 Å². The monoisotopic (exact) mass is 460 g/mol. The van der Waals surface area contributed by atoms with Crippen LogP contribution in [0.25, 0.3) is 11.3 Å². The molecule has 0 aliphatic carbocycles. The van der Waals surface area contributed by atoms with E-state index in [9.17, 15) is 14.4 Å². The predicted octanol–water partition coefficient (Wildman–Crippen LogP) is 6.09. The van der Waals surface area contributed by atoms with Gasteiger partial charge >= 0.3 is 0 Å². The van der Waals surface area contributed by atoms with E-state index >= 15 is 0 Å². The molecule has 5 nitrogen and oxygen atoms in total. The molecule has 0 fully saturated rings. The van der Waals surface area contributed by atoms with Gasteiger partial charge in [0, 0.05) is 32.2 Å². The molecular weight excluding hydrogens is 444 g/mol. The van der Waals surface area contributed by atoms with E-state index in [1.807, 2.05) is 25.1 Å². The average Bonchev–Trinajstić information content (AvgIpc) is 3.18. The van der Waals surface area contributed by atoms with Crippen molar-refractivity contribution in [2.75, 3.05) is 5.32 Å². The highest BCUT2D eigenvalue weighted by Crippen LogP contribution is 2.31. The number of nitrogens with zero attached hydrogens (tertiary/aromatic N) is 1. The summed E-state index contributed by atoms with van der Waals surface area (Å²) in [7, 11) is 0. The van der Waals surface area contributed by atoms with Gasteiger partial charge in [0.2, 0.25) is 11.6 Å². The van der Waals surface area contributed by atoms with Crippen LogP contribution in [0.5, 0.6) is 0 Å². The summed E-state index contributed by atoms with van der Waals surface area (Å²) < 4.78 is 0. The number of amides is 1. The second-order valence-corrected chi connectivity index (χ2v) is 8.63. The third-order valence-electron chi connectivity index (χ3n) is 4.77. The molecule has 0 atom stereocenters. The first-order valence-electron chi connectivity index (χ1n) is 9.71. The average molecular weight is 461 g/mol. The number of carbonyl (C=O) groups is 3. The number of halogens is 1. The summed E-state index contributed by atoms with van der Waals surface area (Å²) in [6.07, 6.45) is 0.